The van der Waals surface area contributed by atoms with Crippen molar-refractivity contribution in [2.45, 2.75) is 32.0 Å². The van der Waals surface area contributed by atoms with Gasteiger partial charge in [-0.1, -0.05) is 0 Å². The van der Waals surface area contributed by atoms with Crippen molar-refractivity contribution in [3.8, 4) is 5.69 Å². The average molecular weight is 431 g/mol. The number of anilines is 1. The molecule has 0 unspecified atom stereocenters. The van der Waals surface area contributed by atoms with Crippen LogP contribution in [0.2, 0.25) is 0 Å². The summed E-state index contributed by atoms with van der Waals surface area (Å²) in [5, 5.41) is 11.3. The first-order valence-electron chi connectivity index (χ1n) is 9.74. The Kier molecular flexibility index (Phi) is 5.57. The van der Waals surface area contributed by atoms with Gasteiger partial charge in [0.15, 0.2) is 5.69 Å². The van der Waals surface area contributed by atoms with E-state index in [0.29, 0.717) is 30.3 Å². The summed E-state index contributed by atoms with van der Waals surface area (Å²) in [6, 6.07) is 5.68. The molecule has 3 aromatic rings. The number of carbonyl (C=O) groups is 1. The number of nitrogens with one attached hydrogen (secondary N) is 1. The second kappa shape index (κ2) is 8.32. The van der Waals surface area contributed by atoms with Gasteiger partial charge in [-0.2, -0.15) is 23.4 Å². The maximum Gasteiger partial charge on any atom is 0.417 e. The topological polar surface area (TPSA) is 88.8 Å². The number of hydrogen-bond acceptors (Lipinski definition) is 6. The number of aromatic nitrogens is 5. The number of rotatable bonds is 4. The molecule has 0 aliphatic carbocycles. The van der Waals surface area contributed by atoms with E-state index in [4.69, 9.17) is 0 Å². The Balaban J connectivity index is 1.49. The van der Waals surface area contributed by atoms with Gasteiger partial charge in [-0.25, -0.2) is 9.97 Å². The molecule has 0 radical (unpaired) electrons. The Hall–Kier alpha value is -3.50. The summed E-state index contributed by atoms with van der Waals surface area (Å²) >= 11 is 0. The van der Waals surface area contributed by atoms with Gasteiger partial charge in [-0.05, 0) is 44.0 Å². The molecule has 1 aliphatic rings. The molecule has 1 amide bonds. The van der Waals surface area contributed by atoms with Crippen LogP contribution in [0.1, 0.15) is 34.6 Å². The van der Waals surface area contributed by atoms with E-state index < -0.39 is 11.7 Å². The normalized spacial score (nSPS) is 16.9. The predicted molar refractivity (Wildman–Crippen MR) is 106 cm³/mol. The molecule has 4 rings (SSSR count). The van der Waals surface area contributed by atoms with Crippen LogP contribution >= 0.6 is 0 Å². The van der Waals surface area contributed by atoms with Gasteiger partial charge >= 0.3 is 6.18 Å². The van der Waals surface area contributed by atoms with E-state index in [-0.39, 0.29) is 17.6 Å². The largest absolute Gasteiger partial charge is 0.417 e. The third-order valence-corrected chi connectivity index (χ3v) is 5.00. The minimum atomic E-state index is -4.43. The Morgan fingerprint density at radius 3 is 2.61 bits per heavy atom. The Labute approximate surface area is 176 Å². The van der Waals surface area contributed by atoms with E-state index in [2.05, 4.69) is 25.5 Å². The number of halogens is 3. The average Bonchev–Trinajstić information content (AvgIpc) is 3.28. The molecule has 1 saturated heterocycles. The first-order valence-corrected chi connectivity index (χ1v) is 9.74. The predicted octanol–water partition coefficient (Wildman–Crippen LogP) is 3.10. The van der Waals surface area contributed by atoms with Crippen LogP contribution in [0.25, 0.3) is 5.69 Å². The second-order valence-electron chi connectivity index (χ2n) is 7.30. The van der Waals surface area contributed by atoms with Gasteiger partial charge in [0.2, 0.25) is 0 Å². The van der Waals surface area contributed by atoms with Crippen molar-refractivity contribution in [2.24, 2.45) is 0 Å². The lowest BCUT2D eigenvalue weighted by molar-refractivity contribution is -0.137. The molecule has 0 bridgehead atoms. The smallest absolute Gasteiger partial charge is 0.366 e. The van der Waals surface area contributed by atoms with Crippen LogP contribution in [0, 0.1) is 6.92 Å². The molecule has 31 heavy (non-hydrogen) atoms. The van der Waals surface area contributed by atoms with Crippen LogP contribution in [0.5, 0.6) is 0 Å². The molecule has 162 valence electrons. The number of nitrogens with zero attached hydrogens (tertiary/aromatic N) is 6. The molecule has 1 aliphatic heterocycles. The van der Waals surface area contributed by atoms with Crippen molar-refractivity contribution >= 4 is 11.7 Å². The van der Waals surface area contributed by atoms with Crippen molar-refractivity contribution in [1.82, 2.24) is 29.9 Å². The molecule has 8 nitrogen and oxygen atoms in total. The molecule has 1 N–H and O–H groups in total. The second-order valence-corrected chi connectivity index (χ2v) is 7.30. The number of alkyl halides is 3. The quantitative estimate of drug-likeness (QED) is 0.683. The standard InChI is InChI=1S/C20H20F3N7O/c1-13-4-6-16(30-25-8-9-26-30)18(27-13)19(31)29-10-2-3-15(12-29)28-17-7-5-14(11-24-17)20(21,22)23/h4-9,11,15H,2-3,10,12H2,1H3,(H,24,28)/t15-/m1/s1. The van der Waals surface area contributed by atoms with Gasteiger partial charge in [-0.15, -0.1) is 4.80 Å². The van der Waals surface area contributed by atoms with E-state index >= 15 is 0 Å². The van der Waals surface area contributed by atoms with E-state index in [1.165, 1.54) is 23.3 Å². The molecule has 3 aromatic heterocycles. The van der Waals surface area contributed by atoms with Crippen molar-refractivity contribution < 1.29 is 18.0 Å². The Morgan fingerprint density at radius 1 is 1.16 bits per heavy atom. The minimum absolute atomic E-state index is 0.141. The molecular weight excluding hydrogens is 411 g/mol. The highest BCUT2D eigenvalue weighted by molar-refractivity contribution is 5.96. The highest BCUT2D eigenvalue weighted by Gasteiger charge is 2.31. The van der Waals surface area contributed by atoms with E-state index in [9.17, 15) is 18.0 Å². The SMILES string of the molecule is Cc1ccc(-n2nccn2)c(C(=O)N2CCC[C@@H](Nc3ccc(C(F)(F)F)cn3)C2)n1. The van der Waals surface area contributed by atoms with Gasteiger partial charge in [0.25, 0.3) is 5.91 Å². The summed E-state index contributed by atoms with van der Waals surface area (Å²) in [5.41, 5.74) is 0.633. The van der Waals surface area contributed by atoms with Gasteiger partial charge < -0.3 is 10.2 Å². The Morgan fingerprint density at radius 2 is 1.94 bits per heavy atom. The highest BCUT2D eigenvalue weighted by atomic mass is 19.4. The van der Waals surface area contributed by atoms with Gasteiger partial charge in [0, 0.05) is 31.0 Å². The van der Waals surface area contributed by atoms with Crippen LogP contribution < -0.4 is 5.32 Å². The number of carbonyl (C=O) groups excluding carboxylic acids is 1. The molecule has 0 saturated carbocycles. The van der Waals surface area contributed by atoms with E-state index in [0.717, 1.165) is 25.1 Å². The fourth-order valence-corrected chi connectivity index (χ4v) is 3.49. The van der Waals surface area contributed by atoms with Crippen LogP contribution in [0.15, 0.2) is 42.9 Å². The zero-order chi connectivity index (χ0) is 22.0. The van der Waals surface area contributed by atoms with Crippen LogP contribution in [0.4, 0.5) is 19.0 Å². The summed E-state index contributed by atoms with van der Waals surface area (Å²) in [4.78, 5) is 24.6. The molecule has 1 fully saturated rings. The third kappa shape index (κ3) is 4.65. The van der Waals surface area contributed by atoms with Crippen molar-refractivity contribution in [3.63, 3.8) is 0 Å². The fraction of sp³-hybridized carbons (Fsp3) is 0.350. The molecule has 1 atom stereocenters. The first kappa shape index (κ1) is 20.8. The van der Waals surface area contributed by atoms with Crippen molar-refractivity contribution in [3.05, 3.63) is 59.8 Å². The Bertz CT molecular complexity index is 1050. The maximum absolute atomic E-state index is 13.2. The number of piperidine rings is 1. The van der Waals surface area contributed by atoms with Gasteiger partial charge in [-0.3, -0.25) is 4.79 Å². The number of pyridine rings is 2. The van der Waals surface area contributed by atoms with Crippen molar-refractivity contribution in [1.29, 1.82) is 0 Å². The van der Waals surface area contributed by atoms with Crippen LogP contribution in [-0.2, 0) is 6.18 Å². The zero-order valence-electron chi connectivity index (χ0n) is 16.7. The summed E-state index contributed by atoms with van der Waals surface area (Å²) in [6.45, 7) is 2.73. The monoisotopic (exact) mass is 431 g/mol. The summed E-state index contributed by atoms with van der Waals surface area (Å²) in [7, 11) is 0. The maximum atomic E-state index is 13.2. The summed E-state index contributed by atoms with van der Waals surface area (Å²) in [5.74, 6) is 0.0882. The first-order chi connectivity index (χ1) is 14.8. The third-order valence-electron chi connectivity index (χ3n) is 5.00. The lowest BCUT2D eigenvalue weighted by Crippen LogP contribution is -2.45. The molecule has 11 heteroatoms. The van der Waals surface area contributed by atoms with E-state index in [1.807, 2.05) is 0 Å². The lowest BCUT2D eigenvalue weighted by Gasteiger charge is -2.33. The van der Waals surface area contributed by atoms with Crippen LogP contribution in [-0.4, -0.2) is 54.9 Å². The lowest BCUT2D eigenvalue weighted by atomic mass is 10.0. The summed E-state index contributed by atoms with van der Waals surface area (Å²) in [6.07, 6.45) is 0.917. The molecular formula is C20H20F3N7O. The number of likely N-dealkylation sites (tertiary alicyclic amines) is 1. The highest BCUT2D eigenvalue weighted by Crippen LogP contribution is 2.29. The molecule has 4 heterocycles. The summed E-state index contributed by atoms with van der Waals surface area (Å²) < 4.78 is 38.2. The van der Waals surface area contributed by atoms with Gasteiger partial charge in [0.1, 0.15) is 11.5 Å². The molecule has 0 aromatic carbocycles. The fourth-order valence-electron chi connectivity index (χ4n) is 3.49. The number of hydrogen-bond donors (Lipinski definition) is 1. The van der Waals surface area contributed by atoms with Crippen LogP contribution in [0.3, 0.4) is 0 Å². The number of amides is 1. The van der Waals surface area contributed by atoms with Crippen molar-refractivity contribution in [2.75, 3.05) is 18.4 Å². The minimum Gasteiger partial charge on any atom is -0.366 e. The number of aryl methyl sites for hydroxylation is 1. The van der Waals surface area contributed by atoms with E-state index in [1.54, 1.807) is 24.0 Å². The van der Waals surface area contributed by atoms with Gasteiger partial charge in [0.05, 0.1) is 18.0 Å². The molecule has 0 spiro atoms. The zero-order valence-corrected chi connectivity index (χ0v) is 16.7.